The van der Waals surface area contributed by atoms with Gasteiger partial charge in [0.05, 0.1) is 19.2 Å². The number of ether oxygens (including phenoxy) is 2. The number of morpholine rings is 1. The normalized spacial score (nSPS) is 19.6. The maximum atomic E-state index is 11.6. The van der Waals surface area contributed by atoms with Gasteiger partial charge < -0.3 is 9.47 Å². The Morgan fingerprint density at radius 2 is 2.29 bits per heavy atom. The van der Waals surface area contributed by atoms with Crippen LogP contribution in [0.4, 0.5) is 0 Å². The molecule has 5 nitrogen and oxygen atoms in total. The number of nitrogens with zero attached hydrogens (tertiary/aromatic N) is 2. The van der Waals surface area contributed by atoms with Crippen LogP contribution in [0.2, 0.25) is 0 Å². The average molecular weight is 286 g/mol. The predicted octanol–water partition coefficient (Wildman–Crippen LogP) is 1.61. The van der Waals surface area contributed by atoms with Crippen LogP contribution in [-0.4, -0.2) is 48.8 Å². The fourth-order valence-electron chi connectivity index (χ4n) is 2.66. The molecule has 1 aromatic heterocycles. The number of hydrogen-bond acceptors (Lipinski definition) is 5. The molecule has 5 heteroatoms. The zero-order valence-corrected chi connectivity index (χ0v) is 12.0. The second kappa shape index (κ2) is 6.20. The lowest BCUT2D eigenvalue weighted by atomic mass is 10.1. The SMILES string of the molecule is COC(=O)C1CN(Cc2cccc3cccnc23)CCO1. The van der Waals surface area contributed by atoms with Crippen LogP contribution in [0, 0.1) is 0 Å². The number of carbonyl (C=O) groups excluding carboxylic acids is 1. The molecule has 1 aliphatic rings. The molecule has 0 bridgehead atoms. The smallest absolute Gasteiger partial charge is 0.336 e. The van der Waals surface area contributed by atoms with E-state index in [1.54, 1.807) is 0 Å². The first-order chi connectivity index (χ1) is 10.3. The van der Waals surface area contributed by atoms with Crippen LogP contribution in [-0.2, 0) is 20.8 Å². The molecular formula is C16H18N2O3. The van der Waals surface area contributed by atoms with Crippen LogP contribution in [0.25, 0.3) is 10.9 Å². The number of para-hydroxylation sites is 1. The van der Waals surface area contributed by atoms with Crippen molar-refractivity contribution in [2.45, 2.75) is 12.6 Å². The molecule has 1 atom stereocenters. The second-order valence-corrected chi connectivity index (χ2v) is 5.11. The standard InChI is InChI=1S/C16H18N2O3/c1-20-16(19)14-11-18(8-9-21-14)10-13-5-2-4-12-6-3-7-17-15(12)13/h2-7,14H,8-11H2,1H3. The summed E-state index contributed by atoms with van der Waals surface area (Å²) in [5.41, 5.74) is 2.18. The Morgan fingerprint density at radius 3 is 3.14 bits per heavy atom. The number of benzene rings is 1. The predicted molar refractivity (Wildman–Crippen MR) is 78.8 cm³/mol. The van der Waals surface area contributed by atoms with Crippen LogP contribution >= 0.6 is 0 Å². The summed E-state index contributed by atoms with van der Waals surface area (Å²) in [7, 11) is 1.39. The minimum absolute atomic E-state index is 0.309. The van der Waals surface area contributed by atoms with Crippen LogP contribution in [0.1, 0.15) is 5.56 Å². The van der Waals surface area contributed by atoms with Gasteiger partial charge in [-0.1, -0.05) is 24.3 Å². The van der Waals surface area contributed by atoms with Crippen molar-refractivity contribution in [2.75, 3.05) is 26.8 Å². The summed E-state index contributed by atoms with van der Waals surface area (Å²) in [6.45, 7) is 2.65. The summed E-state index contributed by atoms with van der Waals surface area (Å²) < 4.78 is 10.2. The van der Waals surface area contributed by atoms with Gasteiger partial charge in [0.2, 0.25) is 0 Å². The summed E-state index contributed by atoms with van der Waals surface area (Å²) in [5.74, 6) is -0.309. The van der Waals surface area contributed by atoms with Gasteiger partial charge in [0.15, 0.2) is 6.10 Å². The molecule has 1 aromatic carbocycles. The highest BCUT2D eigenvalue weighted by Gasteiger charge is 2.27. The topological polar surface area (TPSA) is 51.7 Å². The van der Waals surface area contributed by atoms with Gasteiger partial charge in [-0.15, -0.1) is 0 Å². The Kier molecular flexibility index (Phi) is 4.13. The number of fused-ring (bicyclic) bond motifs is 1. The van der Waals surface area contributed by atoms with Gasteiger partial charge in [0.25, 0.3) is 0 Å². The molecular weight excluding hydrogens is 268 g/mol. The quantitative estimate of drug-likeness (QED) is 0.802. The summed E-state index contributed by atoms with van der Waals surface area (Å²) in [6, 6.07) is 10.2. The number of esters is 1. The highest BCUT2D eigenvalue weighted by molar-refractivity contribution is 5.81. The number of aromatic nitrogens is 1. The van der Waals surface area contributed by atoms with E-state index >= 15 is 0 Å². The Labute approximate surface area is 123 Å². The number of methoxy groups -OCH3 is 1. The van der Waals surface area contributed by atoms with Crippen molar-refractivity contribution >= 4 is 16.9 Å². The van der Waals surface area contributed by atoms with Crippen LogP contribution < -0.4 is 0 Å². The van der Waals surface area contributed by atoms with E-state index in [0.717, 1.165) is 24.0 Å². The molecule has 1 saturated heterocycles. The highest BCUT2D eigenvalue weighted by Crippen LogP contribution is 2.19. The molecule has 0 spiro atoms. The van der Waals surface area contributed by atoms with Gasteiger partial charge in [-0.05, 0) is 11.6 Å². The van der Waals surface area contributed by atoms with Gasteiger partial charge in [0, 0.05) is 31.2 Å². The van der Waals surface area contributed by atoms with Crippen LogP contribution in [0.15, 0.2) is 36.5 Å². The molecule has 0 N–H and O–H groups in total. The minimum atomic E-state index is -0.494. The van der Waals surface area contributed by atoms with Crippen molar-refractivity contribution < 1.29 is 14.3 Å². The Hall–Kier alpha value is -1.98. The Morgan fingerprint density at radius 1 is 1.43 bits per heavy atom. The lowest BCUT2D eigenvalue weighted by Crippen LogP contribution is -2.46. The van der Waals surface area contributed by atoms with E-state index in [4.69, 9.17) is 9.47 Å². The zero-order valence-electron chi connectivity index (χ0n) is 12.0. The minimum Gasteiger partial charge on any atom is -0.467 e. The highest BCUT2D eigenvalue weighted by atomic mass is 16.6. The van der Waals surface area contributed by atoms with Gasteiger partial charge in [-0.25, -0.2) is 4.79 Å². The maximum absolute atomic E-state index is 11.6. The average Bonchev–Trinajstić information content (AvgIpc) is 2.55. The lowest BCUT2D eigenvalue weighted by Gasteiger charge is -2.31. The molecule has 0 saturated carbocycles. The van der Waals surface area contributed by atoms with E-state index < -0.39 is 6.10 Å². The molecule has 0 amide bonds. The van der Waals surface area contributed by atoms with E-state index in [2.05, 4.69) is 28.1 Å². The first-order valence-corrected chi connectivity index (χ1v) is 7.02. The largest absolute Gasteiger partial charge is 0.467 e. The fourth-order valence-corrected chi connectivity index (χ4v) is 2.66. The molecule has 3 rings (SSSR count). The van der Waals surface area contributed by atoms with E-state index in [-0.39, 0.29) is 5.97 Å². The molecule has 2 aromatic rings. The van der Waals surface area contributed by atoms with E-state index in [1.807, 2.05) is 18.3 Å². The Bertz CT molecular complexity index is 639. The fraction of sp³-hybridized carbons (Fsp3) is 0.375. The second-order valence-electron chi connectivity index (χ2n) is 5.11. The monoisotopic (exact) mass is 286 g/mol. The zero-order chi connectivity index (χ0) is 14.7. The Balaban J connectivity index is 1.77. The van der Waals surface area contributed by atoms with Crippen molar-refractivity contribution in [3.8, 4) is 0 Å². The molecule has 0 aliphatic carbocycles. The van der Waals surface area contributed by atoms with Crippen molar-refractivity contribution in [3.63, 3.8) is 0 Å². The summed E-state index contributed by atoms with van der Waals surface area (Å²) in [4.78, 5) is 18.3. The van der Waals surface area contributed by atoms with Crippen LogP contribution in [0.3, 0.4) is 0 Å². The maximum Gasteiger partial charge on any atom is 0.336 e. The summed E-state index contributed by atoms with van der Waals surface area (Å²) >= 11 is 0. The molecule has 1 unspecified atom stereocenters. The third kappa shape index (κ3) is 3.04. The third-order valence-electron chi connectivity index (χ3n) is 3.72. The van der Waals surface area contributed by atoms with Gasteiger partial charge in [-0.3, -0.25) is 9.88 Å². The number of hydrogen-bond donors (Lipinski definition) is 0. The van der Waals surface area contributed by atoms with E-state index in [0.29, 0.717) is 13.2 Å². The van der Waals surface area contributed by atoms with Crippen molar-refractivity contribution in [1.82, 2.24) is 9.88 Å². The van der Waals surface area contributed by atoms with E-state index in [1.165, 1.54) is 12.7 Å². The lowest BCUT2D eigenvalue weighted by molar-refractivity contribution is -0.160. The molecule has 1 aliphatic heterocycles. The summed E-state index contributed by atoms with van der Waals surface area (Å²) in [5, 5.41) is 1.13. The van der Waals surface area contributed by atoms with E-state index in [9.17, 15) is 4.79 Å². The van der Waals surface area contributed by atoms with Gasteiger partial charge >= 0.3 is 5.97 Å². The van der Waals surface area contributed by atoms with Crippen molar-refractivity contribution in [3.05, 3.63) is 42.1 Å². The van der Waals surface area contributed by atoms with Crippen molar-refractivity contribution in [1.29, 1.82) is 0 Å². The first-order valence-electron chi connectivity index (χ1n) is 7.02. The number of carbonyl (C=O) groups is 1. The first kappa shape index (κ1) is 14.0. The number of rotatable bonds is 3. The van der Waals surface area contributed by atoms with Gasteiger partial charge in [-0.2, -0.15) is 0 Å². The third-order valence-corrected chi connectivity index (χ3v) is 3.72. The molecule has 0 radical (unpaired) electrons. The molecule has 1 fully saturated rings. The van der Waals surface area contributed by atoms with Gasteiger partial charge in [0.1, 0.15) is 0 Å². The molecule has 21 heavy (non-hydrogen) atoms. The van der Waals surface area contributed by atoms with Crippen molar-refractivity contribution in [2.24, 2.45) is 0 Å². The molecule has 110 valence electrons. The summed E-state index contributed by atoms with van der Waals surface area (Å²) in [6.07, 6.45) is 1.31. The number of pyridine rings is 1. The van der Waals surface area contributed by atoms with Crippen LogP contribution in [0.5, 0.6) is 0 Å². The molecule has 2 heterocycles.